The molecule has 0 saturated carbocycles. The molecule has 0 aromatic heterocycles. The Balaban J connectivity index is 2.17. The third-order valence-corrected chi connectivity index (χ3v) is 3.73. The van der Waals surface area contributed by atoms with Crippen molar-refractivity contribution in [3.63, 3.8) is 0 Å². The van der Waals surface area contributed by atoms with Crippen molar-refractivity contribution in [3.05, 3.63) is 35.9 Å². The van der Waals surface area contributed by atoms with Crippen LogP contribution in [0.3, 0.4) is 0 Å². The summed E-state index contributed by atoms with van der Waals surface area (Å²) in [6, 6.07) is 9.93. The van der Waals surface area contributed by atoms with Crippen molar-refractivity contribution in [2.24, 2.45) is 5.73 Å². The van der Waals surface area contributed by atoms with Gasteiger partial charge in [0.15, 0.2) is 0 Å². The Kier molecular flexibility index (Phi) is 9.55. The van der Waals surface area contributed by atoms with E-state index in [0.29, 0.717) is 19.6 Å². The van der Waals surface area contributed by atoms with Gasteiger partial charge in [-0.15, -0.1) is 0 Å². The Bertz CT molecular complexity index is 378. The smallest absolute Gasteiger partial charge is 0.306 e. The summed E-state index contributed by atoms with van der Waals surface area (Å²) < 4.78 is 5.31. The van der Waals surface area contributed by atoms with Gasteiger partial charge in [0.05, 0.1) is 13.0 Å². The fourth-order valence-corrected chi connectivity index (χ4v) is 2.39. The van der Waals surface area contributed by atoms with Crippen LogP contribution in [0.25, 0.3) is 0 Å². The minimum atomic E-state index is -0.136. The minimum absolute atomic E-state index is 0.0586. The maximum Gasteiger partial charge on any atom is 0.306 e. The molecule has 0 amide bonds. The lowest BCUT2D eigenvalue weighted by molar-refractivity contribution is -0.144. The van der Waals surface area contributed by atoms with Gasteiger partial charge in [0.2, 0.25) is 0 Å². The molecule has 0 aliphatic heterocycles. The molecule has 0 fully saturated rings. The van der Waals surface area contributed by atoms with Gasteiger partial charge in [-0.3, -0.25) is 4.79 Å². The average Bonchev–Trinajstić information content (AvgIpc) is 2.52. The zero-order valence-electron chi connectivity index (χ0n) is 13.2. The molecule has 0 aliphatic carbocycles. The van der Waals surface area contributed by atoms with Gasteiger partial charge in [0.25, 0.3) is 0 Å². The Labute approximate surface area is 128 Å². The van der Waals surface area contributed by atoms with E-state index in [-0.39, 0.29) is 11.9 Å². The Hall–Kier alpha value is -1.35. The van der Waals surface area contributed by atoms with Crippen molar-refractivity contribution in [2.45, 2.75) is 57.8 Å². The number of carbonyl (C=O) groups is 1. The fourth-order valence-electron chi connectivity index (χ4n) is 2.39. The summed E-state index contributed by atoms with van der Waals surface area (Å²) in [5.74, 6) is -0.0777. The van der Waals surface area contributed by atoms with Crippen molar-refractivity contribution in [1.82, 2.24) is 0 Å². The predicted octanol–water partition coefficient (Wildman–Crippen LogP) is 4.02. The van der Waals surface area contributed by atoms with E-state index in [1.165, 1.54) is 25.7 Å². The molecule has 3 nitrogen and oxygen atoms in total. The second-order valence-electron chi connectivity index (χ2n) is 5.54. The molecule has 0 aliphatic rings. The van der Waals surface area contributed by atoms with E-state index in [0.717, 1.165) is 18.4 Å². The number of unbranched alkanes of at least 4 members (excludes halogenated alkanes) is 5. The predicted molar refractivity (Wildman–Crippen MR) is 87.2 cm³/mol. The van der Waals surface area contributed by atoms with E-state index < -0.39 is 0 Å². The number of ether oxygens (including phenoxy) is 1. The highest BCUT2D eigenvalue weighted by Gasteiger charge is 2.15. The summed E-state index contributed by atoms with van der Waals surface area (Å²) in [6.45, 7) is 3.22. The zero-order valence-corrected chi connectivity index (χ0v) is 13.2. The molecule has 1 atom stereocenters. The highest BCUT2D eigenvalue weighted by molar-refractivity contribution is 5.70. The summed E-state index contributed by atoms with van der Waals surface area (Å²) in [5, 5.41) is 0. The van der Waals surface area contributed by atoms with E-state index in [1.54, 1.807) is 0 Å². The van der Waals surface area contributed by atoms with Gasteiger partial charge in [-0.05, 0) is 18.5 Å². The molecule has 2 N–H and O–H groups in total. The van der Waals surface area contributed by atoms with E-state index in [4.69, 9.17) is 10.5 Å². The molecule has 1 unspecified atom stereocenters. The number of nitrogens with two attached hydrogens (primary N) is 1. The molecular formula is C18H29NO2. The summed E-state index contributed by atoms with van der Waals surface area (Å²) in [7, 11) is 0. The first kappa shape index (κ1) is 17.7. The van der Waals surface area contributed by atoms with E-state index >= 15 is 0 Å². The Morgan fingerprint density at radius 3 is 2.43 bits per heavy atom. The topological polar surface area (TPSA) is 52.3 Å². The van der Waals surface area contributed by atoms with Gasteiger partial charge >= 0.3 is 5.97 Å². The first-order valence-electron chi connectivity index (χ1n) is 8.18. The number of hydrogen-bond donors (Lipinski definition) is 1. The normalized spacial score (nSPS) is 12.1. The lowest BCUT2D eigenvalue weighted by atomic mass is 9.96. The van der Waals surface area contributed by atoms with Crippen LogP contribution >= 0.6 is 0 Å². The number of benzene rings is 1. The first-order valence-corrected chi connectivity index (χ1v) is 8.18. The molecule has 1 aromatic rings. The Morgan fingerprint density at radius 1 is 1.10 bits per heavy atom. The molecule has 0 radical (unpaired) electrons. The van der Waals surface area contributed by atoms with E-state index in [9.17, 15) is 4.79 Å². The zero-order chi connectivity index (χ0) is 15.3. The molecule has 3 heteroatoms. The highest BCUT2D eigenvalue weighted by Crippen LogP contribution is 2.18. The fraction of sp³-hybridized carbons (Fsp3) is 0.611. The lowest BCUT2D eigenvalue weighted by Crippen LogP contribution is -2.18. The number of hydrogen-bond acceptors (Lipinski definition) is 3. The van der Waals surface area contributed by atoms with Crippen LogP contribution in [-0.2, 0) is 9.53 Å². The lowest BCUT2D eigenvalue weighted by Gasteiger charge is -2.14. The monoisotopic (exact) mass is 291 g/mol. The van der Waals surface area contributed by atoms with Crippen LogP contribution in [0.5, 0.6) is 0 Å². The number of carbonyl (C=O) groups excluding carboxylic acids is 1. The molecular weight excluding hydrogens is 262 g/mol. The number of esters is 1. The maximum absolute atomic E-state index is 11.8. The summed E-state index contributed by atoms with van der Waals surface area (Å²) in [4.78, 5) is 11.8. The van der Waals surface area contributed by atoms with Gasteiger partial charge in [-0.25, -0.2) is 0 Å². The standard InChI is InChI=1S/C18H29NO2/c1-2-3-4-5-6-10-13-21-18(20)14-17(15-19)16-11-8-7-9-12-16/h7-9,11-12,17H,2-6,10,13-15,19H2,1H3. The van der Waals surface area contributed by atoms with Crippen LogP contribution in [0, 0.1) is 0 Å². The van der Waals surface area contributed by atoms with Crippen molar-refractivity contribution in [2.75, 3.05) is 13.2 Å². The maximum atomic E-state index is 11.8. The molecule has 0 saturated heterocycles. The molecule has 21 heavy (non-hydrogen) atoms. The first-order chi connectivity index (χ1) is 10.3. The van der Waals surface area contributed by atoms with E-state index in [2.05, 4.69) is 6.92 Å². The van der Waals surface area contributed by atoms with Crippen LogP contribution in [-0.4, -0.2) is 19.1 Å². The van der Waals surface area contributed by atoms with Gasteiger partial charge in [0.1, 0.15) is 0 Å². The molecule has 1 aromatic carbocycles. The van der Waals surface area contributed by atoms with Crippen LogP contribution in [0.4, 0.5) is 0 Å². The van der Waals surface area contributed by atoms with Crippen LogP contribution in [0.1, 0.15) is 63.4 Å². The van der Waals surface area contributed by atoms with Crippen molar-refractivity contribution < 1.29 is 9.53 Å². The van der Waals surface area contributed by atoms with E-state index in [1.807, 2.05) is 30.3 Å². The second-order valence-corrected chi connectivity index (χ2v) is 5.54. The summed E-state index contributed by atoms with van der Waals surface area (Å²) >= 11 is 0. The van der Waals surface area contributed by atoms with Crippen molar-refractivity contribution >= 4 is 5.97 Å². The quantitative estimate of drug-likeness (QED) is 0.495. The van der Waals surface area contributed by atoms with Crippen molar-refractivity contribution in [1.29, 1.82) is 0 Å². The second kappa shape index (κ2) is 11.3. The minimum Gasteiger partial charge on any atom is -0.466 e. The van der Waals surface area contributed by atoms with Crippen LogP contribution in [0.2, 0.25) is 0 Å². The summed E-state index contributed by atoms with van der Waals surface area (Å²) in [6.07, 6.45) is 7.56. The average molecular weight is 291 g/mol. The van der Waals surface area contributed by atoms with Gasteiger partial charge in [0, 0.05) is 5.92 Å². The van der Waals surface area contributed by atoms with Gasteiger partial charge < -0.3 is 10.5 Å². The Morgan fingerprint density at radius 2 is 1.76 bits per heavy atom. The largest absolute Gasteiger partial charge is 0.466 e. The van der Waals surface area contributed by atoms with Crippen LogP contribution in [0.15, 0.2) is 30.3 Å². The molecule has 1 rings (SSSR count). The third-order valence-electron chi connectivity index (χ3n) is 3.73. The summed E-state index contributed by atoms with van der Waals surface area (Å²) in [5.41, 5.74) is 6.88. The highest BCUT2D eigenvalue weighted by atomic mass is 16.5. The van der Waals surface area contributed by atoms with Gasteiger partial charge in [-0.2, -0.15) is 0 Å². The molecule has 118 valence electrons. The van der Waals surface area contributed by atoms with Crippen LogP contribution < -0.4 is 5.73 Å². The molecule has 0 bridgehead atoms. The molecule has 0 heterocycles. The van der Waals surface area contributed by atoms with Gasteiger partial charge in [-0.1, -0.05) is 69.4 Å². The third kappa shape index (κ3) is 7.86. The SMILES string of the molecule is CCCCCCCCOC(=O)CC(CN)c1ccccc1. The van der Waals surface area contributed by atoms with Crippen molar-refractivity contribution in [3.8, 4) is 0 Å². The number of rotatable bonds is 11. The molecule has 0 spiro atoms.